The van der Waals surface area contributed by atoms with Crippen molar-refractivity contribution in [3.8, 4) is 0 Å². The van der Waals surface area contributed by atoms with Crippen molar-refractivity contribution in [2.24, 2.45) is 0 Å². The van der Waals surface area contributed by atoms with Crippen LogP contribution in [0.4, 0.5) is 0 Å². The van der Waals surface area contributed by atoms with Crippen molar-refractivity contribution in [2.75, 3.05) is 13.1 Å². The van der Waals surface area contributed by atoms with Gasteiger partial charge in [0.25, 0.3) is 0 Å². The molecule has 0 fully saturated rings. The standard InChI is InChI=1S/C12H18Cl2N2/c1-3-5-8-16(4-2)9-11-10(13)6-7-12(14)15-11/h6-7H,3-5,8-9H2,1-2H3. The van der Waals surface area contributed by atoms with Crippen LogP contribution in [-0.2, 0) is 6.54 Å². The summed E-state index contributed by atoms with van der Waals surface area (Å²) in [6, 6.07) is 3.52. The average molecular weight is 261 g/mol. The van der Waals surface area contributed by atoms with Crippen LogP contribution in [0, 0.1) is 0 Å². The summed E-state index contributed by atoms with van der Waals surface area (Å²) < 4.78 is 0. The summed E-state index contributed by atoms with van der Waals surface area (Å²) in [5.41, 5.74) is 0.868. The van der Waals surface area contributed by atoms with Gasteiger partial charge in [-0.1, -0.05) is 43.5 Å². The topological polar surface area (TPSA) is 16.1 Å². The molecular weight excluding hydrogens is 243 g/mol. The lowest BCUT2D eigenvalue weighted by molar-refractivity contribution is 0.272. The molecule has 0 saturated carbocycles. The highest BCUT2D eigenvalue weighted by Crippen LogP contribution is 2.18. The van der Waals surface area contributed by atoms with Gasteiger partial charge in [-0.25, -0.2) is 4.98 Å². The quantitative estimate of drug-likeness (QED) is 0.719. The highest BCUT2D eigenvalue weighted by molar-refractivity contribution is 6.32. The first-order chi connectivity index (χ1) is 7.67. The fourth-order valence-corrected chi connectivity index (χ4v) is 1.84. The fraction of sp³-hybridized carbons (Fsp3) is 0.583. The van der Waals surface area contributed by atoms with Crippen molar-refractivity contribution in [1.82, 2.24) is 9.88 Å². The smallest absolute Gasteiger partial charge is 0.129 e. The Morgan fingerprint density at radius 3 is 2.62 bits per heavy atom. The number of aromatic nitrogens is 1. The Morgan fingerprint density at radius 2 is 2.00 bits per heavy atom. The SMILES string of the molecule is CCCCN(CC)Cc1nc(Cl)ccc1Cl. The highest BCUT2D eigenvalue weighted by Gasteiger charge is 2.08. The first-order valence-electron chi connectivity index (χ1n) is 5.70. The zero-order valence-corrected chi connectivity index (χ0v) is 11.4. The molecule has 16 heavy (non-hydrogen) atoms. The zero-order valence-electron chi connectivity index (χ0n) is 9.84. The fourth-order valence-electron chi connectivity index (χ4n) is 1.51. The normalized spacial score (nSPS) is 11.1. The molecule has 1 aromatic heterocycles. The van der Waals surface area contributed by atoms with Gasteiger partial charge in [0.05, 0.1) is 10.7 Å². The largest absolute Gasteiger partial charge is 0.298 e. The van der Waals surface area contributed by atoms with Crippen molar-refractivity contribution in [3.63, 3.8) is 0 Å². The molecule has 0 aliphatic carbocycles. The third kappa shape index (κ3) is 4.28. The van der Waals surface area contributed by atoms with Crippen molar-refractivity contribution >= 4 is 23.2 Å². The van der Waals surface area contributed by atoms with Crippen LogP contribution in [0.1, 0.15) is 32.4 Å². The van der Waals surface area contributed by atoms with Crippen LogP contribution in [0.15, 0.2) is 12.1 Å². The number of unbranched alkanes of at least 4 members (excludes halogenated alkanes) is 1. The van der Waals surface area contributed by atoms with Crippen molar-refractivity contribution in [1.29, 1.82) is 0 Å². The van der Waals surface area contributed by atoms with E-state index < -0.39 is 0 Å². The minimum Gasteiger partial charge on any atom is -0.298 e. The lowest BCUT2D eigenvalue weighted by Gasteiger charge is -2.20. The average Bonchev–Trinajstić information content (AvgIpc) is 2.28. The number of pyridine rings is 1. The summed E-state index contributed by atoms with van der Waals surface area (Å²) in [6.07, 6.45) is 2.40. The number of halogens is 2. The second-order valence-corrected chi connectivity index (χ2v) is 4.58. The van der Waals surface area contributed by atoms with Crippen molar-refractivity contribution in [2.45, 2.75) is 33.2 Å². The van der Waals surface area contributed by atoms with Crippen LogP contribution in [0.5, 0.6) is 0 Å². The van der Waals surface area contributed by atoms with Gasteiger partial charge in [-0.15, -0.1) is 0 Å². The second-order valence-electron chi connectivity index (χ2n) is 3.78. The van der Waals surface area contributed by atoms with E-state index in [-0.39, 0.29) is 0 Å². The predicted octanol–water partition coefficient (Wildman–Crippen LogP) is 4.01. The Morgan fingerprint density at radius 1 is 1.25 bits per heavy atom. The van der Waals surface area contributed by atoms with Crippen molar-refractivity contribution in [3.05, 3.63) is 28.0 Å². The molecule has 4 heteroatoms. The molecule has 0 aliphatic heterocycles. The Bertz CT molecular complexity index is 329. The molecular formula is C12H18Cl2N2. The van der Waals surface area contributed by atoms with E-state index in [1.807, 2.05) is 0 Å². The lowest BCUT2D eigenvalue weighted by atomic mass is 10.3. The molecule has 0 aliphatic rings. The van der Waals surface area contributed by atoms with E-state index in [1.54, 1.807) is 12.1 Å². The van der Waals surface area contributed by atoms with Crippen LogP contribution in [0.25, 0.3) is 0 Å². The monoisotopic (exact) mass is 260 g/mol. The molecule has 1 heterocycles. The third-order valence-electron chi connectivity index (χ3n) is 2.53. The van der Waals surface area contributed by atoms with Crippen molar-refractivity contribution < 1.29 is 0 Å². The van der Waals surface area contributed by atoms with E-state index in [1.165, 1.54) is 12.8 Å². The van der Waals surface area contributed by atoms with Gasteiger partial charge >= 0.3 is 0 Å². The molecule has 0 unspecified atom stereocenters. The van der Waals surface area contributed by atoms with Crippen LogP contribution in [0.3, 0.4) is 0 Å². The van der Waals surface area contributed by atoms with E-state index in [0.717, 1.165) is 25.3 Å². The van der Waals surface area contributed by atoms with Gasteiger partial charge in [0, 0.05) is 6.54 Å². The maximum Gasteiger partial charge on any atom is 0.129 e. The summed E-state index contributed by atoms with van der Waals surface area (Å²) in [7, 11) is 0. The summed E-state index contributed by atoms with van der Waals surface area (Å²) in [6.45, 7) is 7.20. The summed E-state index contributed by atoms with van der Waals surface area (Å²) >= 11 is 11.9. The Hall–Kier alpha value is -0.310. The van der Waals surface area contributed by atoms with Gasteiger partial charge in [-0.3, -0.25) is 4.90 Å². The Labute approximate surface area is 108 Å². The summed E-state index contributed by atoms with van der Waals surface area (Å²) in [5.74, 6) is 0. The van der Waals surface area contributed by atoms with E-state index in [9.17, 15) is 0 Å². The van der Waals surface area contributed by atoms with Gasteiger partial charge in [-0.2, -0.15) is 0 Å². The molecule has 2 nitrogen and oxygen atoms in total. The molecule has 0 radical (unpaired) electrons. The first kappa shape index (κ1) is 13.8. The second kappa shape index (κ2) is 7.10. The Balaban J connectivity index is 2.65. The van der Waals surface area contributed by atoms with E-state index >= 15 is 0 Å². The van der Waals surface area contributed by atoms with E-state index in [2.05, 4.69) is 23.7 Å². The molecule has 0 spiro atoms. The highest BCUT2D eigenvalue weighted by atomic mass is 35.5. The Kier molecular flexibility index (Phi) is 6.10. The maximum atomic E-state index is 6.08. The minimum atomic E-state index is 0.506. The molecule has 0 N–H and O–H groups in total. The van der Waals surface area contributed by atoms with E-state index in [0.29, 0.717) is 10.2 Å². The van der Waals surface area contributed by atoms with Gasteiger partial charge in [0.1, 0.15) is 5.15 Å². The predicted molar refractivity (Wildman–Crippen MR) is 70.1 cm³/mol. The molecule has 0 saturated heterocycles. The van der Waals surface area contributed by atoms with Crippen LogP contribution < -0.4 is 0 Å². The molecule has 0 atom stereocenters. The number of hydrogen-bond acceptors (Lipinski definition) is 2. The number of nitrogens with zero attached hydrogens (tertiary/aromatic N) is 2. The number of rotatable bonds is 6. The minimum absolute atomic E-state index is 0.506. The van der Waals surface area contributed by atoms with Crippen LogP contribution >= 0.6 is 23.2 Å². The molecule has 0 bridgehead atoms. The maximum absolute atomic E-state index is 6.08. The molecule has 1 aromatic rings. The van der Waals surface area contributed by atoms with Gasteiger partial charge in [0.2, 0.25) is 0 Å². The first-order valence-corrected chi connectivity index (χ1v) is 6.46. The van der Waals surface area contributed by atoms with Crippen LogP contribution in [0.2, 0.25) is 10.2 Å². The van der Waals surface area contributed by atoms with Gasteiger partial charge in [-0.05, 0) is 31.6 Å². The third-order valence-corrected chi connectivity index (χ3v) is 3.09. The molecule has 0 aromatic carbocycles. The summed E-state index contributed by atoms with van der Waals surface area (Å²) in [4.78, 5) is 6.59. The number of hydrogen-bond donors (Lipinski definition) is 0. The van der Waals surface area contributed by atoms with Gasteiger partial charge in [0.15, 0.2) is 0 Å². The molecule has 90 valence electrons. The zero-order chi connectivity index (χ0) is 12.0. The molecule has 0 amide bonds. The van der Waals surface area contributed by atoms with Gasteiger partial charge < -0.3 is 0 Å². The van der Waals surface area contributed by atoms with Crippen LogP contribution in [-0.4, -0.2) is 23.0 Å². The summed E-state index contributed by atoms with van der Waals surface area (Å²) in [5, 5.41) is 1.20. The van der Waals surface area contributed by atoms with E-state index in [4.69, 9.17) is 23.2 Å². The lowest BCUT2D eigenvalue weighted by Crippen LogP contribution is -2.24. The molecule has 1 rings (SSSR count).